The number of rotatable bonds is 6. The highest BCUT2D eigenvalue weighted by Gasteiger charge is 2.12. The van der Waals surface area contributed by atoms with Crippen molar-refractivity contribution in [1.29, 1.82) is 0 Å². The summed E-state index contributed by atoms with van der Waals surface area (Å²) < 4.78 is 0.949. The molecular weight excluding hydrogens is 332 g/mol. The van der Waals surface area contributed by atoms with Crippen LogP contribution in [0.15, 0.2) is 22.7 Å². The van der Waals surface area contributed by atoms with E-state index in [-0.39, 0.29) is 17.4 Å². The Kier molecular flexibility index (Phi) is 6.33. The summed E-state index contributed by atoms with van der Waals surface area (Å²) in [6.45, 7) is 1.90. The monoisotopic (exact) mass is 346 g/mol. The van der Waals surface area contributed by atoms with E-state index in [1.807, 2.05) is 25.1 Å². The quantitative estimate of drug-likeness (QED) is 0.730. The number of carboxylic acid groups (broad SMARTS) is 1. The van der Waals surface area contributed by atoms with Gasteiger partial charge in [0.2, 0.25) is 5.91 Å². The summed E-state index contributed by atoms with van der Waals surface area (Å²) in [6, 6.07) is 4.62. The van der Waals surface area contributed by atoms with Crippen molar-refractivity contribution in [3.8, 4) is 0 Å². The SMILES string of the molecule is Cc1cc(Br)ccc1NC(=O)CSCC(N)C(=O)O. The molecule has 4 N–H and O–H groups in total. The highest BCUT2D eigenvalue weighted by molar-refractivity contribution is 9.10. The lowest BCUT2D eigenvalue weighted by molar-refractivity contribution is -0.137. The predicted octanol–water partition coefficient (Wildman–Crippen LogP) is 1.84. The van der Waals surface area contributed by atoms with Gasteiger partial charge in [0.05, 0.1) is 5.75 Å². The van der Waals surface area contributed by atoms with E-state index >= 15 is 0 Å². The number of anilines is 1. The summed E-state index contributed by atoms with van der Waals surface area (Å²) in [7, 11) is 0. The minimum Gasteiger partial charge on any atom is -0.480 e. The van der Waals surface area contributed by atoms with E-state index in [1.54, 1.807) is 0 Å². The molecule has 104 valence electrons. The van der Waals surface area contributed by atoms with Gasteiger partial charge in [-0.05, 0) is 30.7 Å². The molecule has 0 aliphatic carbocycles. The second kappa shape index (κ2) is 7.52. The van der Waals surface area contributed by atoms with E-state index in [9.17, 15) is 9.59 Å². The molecule has 0 saturated carbocycles. The molecule has 7 heteroatoms. The Morgan fingerprint density at radius 2 is 2.21 bits per heavy atom. The number of nitrogens with one attached hydrogen (secondary N) is 1. The predicted molar refractivity (Wildman–Crippen MR) is 80.4 cm³/mol. The first kappa shape index (κ1) is 16.0. The Balaban J connectivity index is 2.41. The molecule has 5 nitrogen and oxygen atoms in total. The zero-order chi connectivity index (χ0) is 14.4. The largest absolute Gasteiger partial charge is 0.480 e. The van der Waals surface area contributed by atoms with E-state index in [4.69, 9.17) is 10.8 Å². The Morgan fingerprint density at radius 1 is 1.53 bits per heavy atom. The summed E-state index contributed by atoms with van der Waals surface area (Å²) in [5, 5.41) is 11.4. The Hall–Kier alpha value is -1.05. The maximum Gasteiger partial charge on any atom is 0.321 e. The minimum atomic E-state index is -1.06. The summed E-state index contributed by atoms with van der Waals surface area (Å²) in [5.74, 6) is -0.844. The van der Waals surface area contributed by atoms with Gasteiger partial charge in [0, 0.05) is 15.9 Å². The lowest BCUT2D eigenvalue weighted by atomic mass is 10.2. The minimum absolute atomic E-state index is 0.173. The van der Waals surface area contributed by atoms with Gasteiger partial charge in [-0.2, -0.15) is 0 Å². The molecule has 0 fully saturated rings. The van der Waals surface area contributed by atoms with Crippen LogP contribution >= 0.6 is 27.7 Å². The van der Waals surface area contributed by atoms with Gasteiger partial charge >= 0.3 is 5.97 Å². The zero-order valence-electron chi connectivity index (χ0n) is 10.4. The molecule has 1 rings (SSSR count). The van der Waals surface area contributed by atoms with Gasteiger partial charge in [-0.15, -0.1) is 11.8 Å². The first-order chi connectivity index (χ1) is 8.90. The fourth-order valence-corrected chi connectivity index (χ4v) is 2.55. The fourth-order valence-electron chi connectivity index (χ4n) is 1.30. The highest BCUT2D eigenvalue weighted by atomic mass is 79.9. The molecule has 0 heterocycles. The van der Waals surface area contributed by atoms with Crippen LogP contribution in [0.2, 0.25) is 0 Å². The number of aryl methyl sites for hydroxylation is 1. The van der Waals surface area contributed by atoms with Gasteiger partial charge < -0.3 is 16.2 Å². The average molecular weight is 347 g/mol. The van der Waals surface area contributed by atoms with Crippen molar-refractivity contribution < 1.29 is 14.7 Å². The van der Waals surface area contributed by atoms with Crippen LogP contribution in [-0.2, 0) is 9.59 Å². The molecule has 1 amide bonds. The van der Waals surface area contributed by atoms with Crippen LogP contribution in [0.5, 0.6) is 0 Å². The van der Waals surface area contributed by atoms with Gasteiger partial charge in [-0.1, -0.05) is 15.9 Å². The molecule has 0 spiro atoms. The maximum atomic E-state index is 11.7. The van der Waals surface area contributed by atoms with Crippen LogP contribution in [0.1, 0.15) is 5.56 Å². The number of carbonyl (C=O) groups is 2. The smallest absolute Gasteiger partial charge is 0.321 e. The second-order valence-corrected chi connectivity index (χ2v) is 5.91. The molecule has 1 aromatic rings. The molecule has 1 unspecified atom stereocenters. The van der Waals surface area contributed by atoms with Crippen LogP contribution < -0.4 is 11.1 Å². The number of hydrogen-bond donors (Lipinski definition) is 3. The molecule has 0 radical (unpaired) electrons. The van der Waals surface area contributed by atoms with Crippen LogP contribution in [0.3, 0.4) is 0 Å². The second-order valence-electron chi connectivity index (χ2n) is 3.97. The van der Waals surface area contributed by atoms with Crippen molar-refractivity contribution in [1.82, 2.24) is 0 Å². The molecule has 1 aromatic carbocycles. The molecule has 0 aliphatic heterocycles. The summed E-state index contributed by atoms with van der Waals surface area (Å²) in [4.78, 5) is 22.2. The van der Waals surface area contributed by atoms with Crippen molar-refractivity contribution >= 4 is 45.3 Å². The molecule has 0 saturated heterocycles. The van der Waals surface area contributed by atoms with Crippen molar-refractivity contribution in [3.63, 3.8) is 0 Å². The van der Waals surface area contributed by atoms with Gasteiger partial charge in [-0.25, -0.2) is 0 Å². The number of carbonyl (C=O) groups excluding carboxylic acids is 1. The van der Waals surface area contributed by atoms with Crippen LogP contribution in [0, 0.1) is 6.92 Å². The third kappa shape index (κ3) is 5.63. The van der Waals surface area contributed by atoms with E-state index in [0.29, 0.717) is 0 Å². The number of thioether (sulfide) groups is 1. The summed E-state index contributed by atoms with van der Waals surface area (Å²) in [5.41, 5.74) is 7.04. The molecule has 0 aliphatic rings. The Labute approximate surface area is 124 Å². The number of carboxylic acids is 1. The highest BCUT2D eigenvalue weighted by Crippen LogP contribution is 2.20. The topological polar surface area (TPSA) is 92.4 Å². The van der Waals surface area contributed by atoms with E-state index in [1.165, 1.54) is 11.8 Å². The van der Waals surface area contributed by atoms with E-state index in [2.05, 4.69) is 21.2 Å². The standard InChI is InChI=1S/C12H15BrN2O3S/c1-7-4-8(13)2-3-10(7)15-11(16)6-19-5-9(14)12(17)18/h2-4,9H,5-6,14H2,1H3,(H,15,16)(H,17,18). The van der Waals surface area contributed by atoms with Crippen molar-refractivity contribution in [2.24, 2.45) is 5.73 Å². The Morgan fingerprint density at radius 3 is 2.79 bits per heavy atom. The number of nitrogens with two attached hydrogens (primary N) is 1. The zero-order valence-corrected chi connectivity index (χ0v) is 12.8. The van der Waals surface area contributed by atoms with Gasteiger partial charge in [-0.3, -0.25) is 9.59 Å². The van der Waals surface area contributed by atoms with Crippen LogP contribution in [0.4, 0.5) is 5.69 Å². The maximum absolute atomic E-state index is 11.7. The first-order valence-electron chi connectivity index (χ1n) is 5.52. The van der Waals surface area contributed by atoms with E-state index < -0.39 is 12.0 Å². The molecular formula is C12H15BrN2O3S. The third-order valence-electron chi connectivity index (χ3n) is 2.31. The average Bonchev–Trinajstić information content (AvgIpc) is 2.32. The third-order valence-corrected chi connectivity index (χ3v) is 3.86. The molecule has 0 bridgehead atoms. The number of amides is 1. The molecule has 0 aromatic heterocycles. The lowest BCUT2D eigenvalue weighted by Crippen LogP contribution is -2.33. The summed E-state index contributed by atoms with van der Waals surface area (Å²) in [6.07, 6.45) is 0. The molecule has 19 heavy (non-hydrogen) atoms. The molecule has 1 atom stereocenters. The summed E-state index contributed by atoms with van der Waals surface area (Å²) >= 11 is 4.55. The fraction of sp³-hybridized carbons (Fsp3) is 0.333. The van der Waals surface area contributed by atoms with Crippen molar-refractivity contribution in [3.05, 3.63) is 28.2 Å². The number of halogens is 1. The number of aliphatic carboxylic acids is 1. The van der Waals surface area contributed by atoms with E-state index in [0.717, 1.165) is 15.7 Å². The normalized spacial score (nSPS) is 11.9. The van der Waals surface area contributed by atoms with Crippen LogP contribution in [0.25, 0.3) is 0 Å². The number of hydrogen-bond acceptors (Lipinski definition) is 4. The van der Waals surface area contributed by atoms with Gasteiger partial charge in [0.1, 0.15) is 6.04 Å². The Bertz CT molecular complexity index is 482. The first-order valence-corrected chi connectivity index (χ1v) is 7.47. The van der Waals surface area contributed by atoms with Crippen molar-refractivity contribution in [2.45, 2.75) is 13.0 Å². The van der Waals surface area contributed by atoms with Gasteiger partial charge in [0.25, 0.3) is 0 Å². The number of benzene rings is 1. The van der Waals surface area contributed by atoms with Crippen molar-refractivity contribution in [2.75, 3.05) is 16.8 Å². The van der Waals surface area contributed by atoms with Crippen LogP contribution in [-0.4, -0.2) is 34.5 Å². The van der Waals surface area contributed by atoms with Gasteiger partial charge in [0.15, 0.2) is 0 Å². The lowest BCUT2D eigenvalue weighted by Gasteiger charge is -2.09.